The van der Waals surface area contributed by atoms with Crippen LogP contribution in [-0.2, 0) is 4.57 Å². The number of pyridine rings is 1. The second-order valence-electron chi connectivity index (χ2n) is 17.7. The topological polar surface area (TPSA) is 73.6 Å². The standard InChI is InChI=1S/C64H42N5OP/c70-71(49-25-12-4-13-26-49,50-27-14-5-15-28-50)51-39-37-47(38-40-51)64-67-62(45-21-8-2-9-22-45)66-63(68-64)46-35-33-43(34-36-46)52-30-18-31-55-58-56(59(65-60(52)55)44-19-6-1-7-20-44)42-41-54-53-29-16-17-32-57(53)69(61(54)58)48-23-10-3-11-24-48/h1-42H. The van der Waals surface area contributed by atoms with Gasteiger partial charge in [-0.1, -0.05) is 237 Å². The van der Waals surface area contributed by atoms with Gasteiger partial charge in [0.05, 0.1) is 22.2 Å². The number of rotatable bonds is 9. The van der Waals surface area contributed by atoms with E-state index in [4.69, 9.17) is 19.9 Å². The molecule has 0 aliphatic carbocycles. The van der Waals surface area contributed by atoms with Crippen molar-refractivity contribution in [1.29, 1.82) is 0 Å². The van der Waals surface area contributed by atoms with Gasteiger partial charge in [-0.25, -0.2) is 19.9 Å². The normalized spacial score (nSPS) is 11.7. The Kier molecular flexibility index (Phi) is 10.3. The molecule has 10 aromatic carbocycles. The van der Waals surface area contributed by atoms with Crippen LogP contribution in [0, 0.1) is 0 Å². The zero-order valence-electron chi connectivity index (χ0n) is 38.3. The molecule has 0 saturated heterocycles. The van der Waals surface area contributed by atoms with Gasteiger partial charge in [0.1, 0.15) is 0 Å². The average molecular weight is 928 g/mol. The zero-order chi connectivity index (χ0) is 47.3. The molecule has 0 spiro atoms. The van der Waals surface area contributed by atoms with Gasteiger partial charge in [-0.3, -0.25) is 0 Å². The van der Waals surface area contributed by atoms with Crippen molar-refractivity contribution >= 4 is 66.5 Å². The quantitative estimate of drug-likeness (QED) is 0.106. The van der Waals surface area contributed by atoms with Gasteiger partial charge >= 0.3 is 0 Å². The Hall–Kier alpha value is -9.09. The lowest BCUT2D eigenvalue weighted by Crippen LogP contribution is -2.24. The number of nitrogens with zero attached hydrogens (tertiary/aromatic N) is 5. The number of hydrogen-bond acceptors (Lipinski definition) is 5. The van der Waals surface area contributed by atoms with E-state index in [2.05, 4.69) is 144 Å². The lowest BCUT2D eigenvalue weighted by atomic mass is 9.94. The van der Waals surface area contributed by atoms with Gasteiger partial charge in [-0.05, 0) is 23.8 Å². The third-order valence-corrected chi connectivity index (χ3v) is 16.6. The number of benzene rings is 10. The average Bonchev–Trinajstić information content (AvgIpc) is 3.80. The predicted octanol–water partition coefficient (Wildman–Crippen LogP) is 14.6. The minimum absolute atomic E-state index is 0.525. The van der Waals surface area contributed by atoms with Gasteiger partial charge in [0.15, 0.2) is 24.6 Å². The van der Waals surface area contributed by atoms with Crippen LogP contribution in [0.25, 0.3) is 106 Å². The summed E-state index contributed by atoms with van der Waals surface area (Å²) in [6.45, 7) is 0. The summed E-state index contributed by atoms with van der Waals surface area (Å²) >= 11 is 0. The molecule has 7 heteroatoms. The first-order valence-corrected chi connectivity index (χ1v) is 25.4. The molecule has 0 radical (unpaired) electrons. The van der Waals surface area contributed by atoms with Crippen LogP contribution in [-0.4, -0.2) is 24.5 Å². The van der Waals surface area contributed by atoms with Crippen molar-refractivity contribution in [3.05, 3.63) is 255 Å². The van der Waals surface area contributed by atoms with Gasteiger partial charge < -0.3 is 9.13 Å². The molecule has 0 amide bonds. The highest BCUT2D eigenvalue weighted by molar-refractivity contribution is 7.85. The molecule has 0 aliphatic heterocycles. The molecule has 0 aliphatic rings. The zero-order valence-corrected chi connectivity index (χ0v) is 39.2. The largest absolute Gasteiger partial charge is 0.309 e. The highest BCUT2D eigenvalue weighted by atomic mass is 31.2. The third-order valence-electron chi connectivity index (χ3n) is 13.5. The van der Waals surface area contributed by atoms with E-state index in [9.17, 15) is 0 Å². The SMILES string of the molecule is O=P(c1ccccc1)(c1ccccc1)c1ccc(-c2nc(-c3ccccc3)nc(-c3ccc(-c4cccc5c4nc(-c4ccccc4)c4ccc6c7ccccc7n(-c7ccccc7)c6c45)cc3)n2)cc1. The van der Waals surface area contributed by atoms with Crippen molar-refractivity contribution in [2.45, 2.75) is 0 Å². The molecule has 3 heterocycles. The van der Waals surface area contributed by atoms with Gasteiger partial charge in [0.2, 0.25) is 0 Å². The minimum atomic E-state index is -3.17. The van der Waals surface area contributed by atoms with Gasteiger partial charge in [-0.2, -0.15) is 0 Å². The van der Waals surface area contributed by atoms with Gasteiger partial charge in [-0.15, -0.1) is 0 Å². The second-order valence-corrected chi connectivity index (χ2v) is 20.4. The van der Waals surface area contributed by atoms with E-state index in [1.165, 1.54) is 10.8 Å². The van der Waals surface area contributed by atoms with E-state index < -0.39 is 7.14 Å². The molecular formula is C64H42N5OP. The summed E-state index contributed by atoms with van der Waals surface area (Å²) in [5.74, 6) is 1.64. The summed E-state index contributed by atoms with van der Waals surface area (Å²) in [6.07, 6.45) is 0. The van der Waals surface area contributed by atoms with Crippen molar-refractivity contribution in [3.8, 4) is 62.2 Å². The lowest BCUT2D eigenvalue weighted by molar-refractivity contribution is 0.592. The number of aromatic nitrogens is 5. The van der Waals surface area contributed by atoms with Crippen LogP contribution < -0.4 is 15.9 Å². The number of para-hydroxylation sites is 3. The van der Waals surface area contributed by atoms with Crippen LogP contribution in [0.2, 0.25) is 0 Å². The lowest BCUT2D eigenvalue weighted by Gasteiger charge is -2.20. The number of fused-ring (bicyclic) bond motifs is 7. The van der Waals surface area contributed by atoms with Gasteiger partial charge in [0.25, 0.3) is 0 Å². The maximum atomic E-state index is 15.2. The van der Waals surface area contributed by atoms with Crippen LogP contribution >= 0.6 is 7.14 Å². The van der Waals surface area contributed by atoms with E-state index in [1.807, 2.05) is 115 Å². The fourth-order valence-electron chi connectivity index (χ4n) is 10.2. The first kappa shape index (κ1) is 42.0. The van der Waals surface area contributed by atoms with Crippen LogP contribution in [0.15, 0.2) is 255 Å². The Bertz CT molecular complexity index is 4110. The summed E-state index contributed by atoms with van der Waals surface area (Å²) in [5, 5.41) is 8.04. The molecule has 71 heavy (non-hydrogen) atoms. The highest BCUT2D eigenvalue weighted by Gasteiger charge is 2.30. The van der Waals surface area contributed by atoms with E-state index in [0.29, 0.717) is 17.5 Å². The molecule has 3 aromatic heterocycles. The van der Waals surface area contributed by atoms with E-state index in [-0.39, 0.29) is 0 Å². The fourth-order valence-corrected chi connectivity index (χ4v) is 12.8. The van der Waals surface area contributed by atoms with Crippen molar-refractivity contribution in [3.63, 3.8) is 0 Å². The first-order valence-electron chi connectivity index (χ1n) is 23.7. The summed E-state index contributed by atoms with van der Waals surface area (Å²) < 4.78 is 17.6. The van der Waals surface area contributed by atoms with Gasteiger partial charge in [0, 0.05) is 76.3 Å². The molecule has 0 bridgehead atoms. The van der Waals surface area contributed by atoms with Crippen LogP contribution in [0.3, 0.4) is 0 Å². The smallest absolute Gasteiger partial charge is 0.171 e. The molecule has 0 saturated carbocycles. The fraction of sp³-hybridized carbons (Fsp3) is 0. The summed E-state index contributed by atoms with van der Waals surface area (Å²) in [7, 11) is -3.17. The van der Waals surface area contributed by atoms with Crippen molar-refractivity contribution in [2.24, 2.45) is 0 Å². The molecule has 334 valence electrons. The number of hydrogen-bond donors (Lipinski definition) is 0. The molecule has 13 aromatic rings. The summed E-state index contributed by atoms with van der Waals surface area (Å²) in [6, 6.07) is 86.7. The Balaban J connectivity index is 0.953. The van der Waals surface area contributed by atoms with Crippen LogP contribution in [0.5, 0.6) is 0 Å². The Morgan fingerprint density at radius 3 is 1.38 bits per heavy atom. The van der Waals surface area contributed by atoms with Crippen LogP contribution in [0.1, 0.15) is 0 Å². The van der Waals surface area contributed by atoms with Crippen LogP contribution in [0.4, 0.5) is 0 Å². The summed E-state index contributed by atoms with van der Waals surface area (Å²) in [5.41, 5.74) is 10.9. The maximum Gasteiger partial charge on any atom is 0.171 e. The third kappa shape index (κ3) is 7.24. The Labute approximate surface area is 410 Å². The van der Waals surface area contributed by atoms with E-state index >= 15 is 4.57 Å². The maximum absolute atomic E-state index is 15.2. The molecule has 6 nitrogen and oxygen atoms in total. The molecule has 0 unspecified atom stereocenters. The van der Waals surface area contributed by atoms with E-state index in [1.54, 1.807) is 0 Å². The van der Waals surface area contributed by atoms with Crippen molar-refractivity contribution in [1.82, 2.24) is 24.5 Å². The molecule has 13 rings (SSSR count). The van der Waals surface area contributed by atoms with E-state index in [0.717, 1.165) is 93.4 Å². The minimum Gasteiger partial charge on any atom is -0.309 e. The second kappa shape index (κ2) is 17.5. The Morgan fingerprint density at radius 1 is 0.324 bits per heavy atom. The molecular weight excluding hydrogens is 886 g/mol. The summed E-state index contributed by atoms with van der Waals surface area (Å²) in [4.78, 5) is 20.8. The molecule has 0 N–H and O–H groups in total. The Morgan fingerprint density at radius 2 is 0.775 bits per heavy atom. The van der Waals surface area contributed by atoms with Crippen molar-refractivity contribution in [2.75, 3.05) is 0 Å². The molecule has 0 atom stereocenters. The first-order chi connectivity index (χ1) is 35.1. The van der Waals surface area contributed by atoms with Crippen molar-refractivity contribution < 1.29 is 4.57 Å². The monoisotopic (exact) mass is 927 g/mol. The predicted molar refractivity (Wildman–Crippen MR) is 294 cm³/mol. The highest BCUT2D eigenvalue weighted by Crippen LogP contribution is 2.45. The molecule has 0 fully saturated rings.